The van der Waals surface area contributed by atoms with Gasteiger partial charge in [-0.3, -0.25) is 0 Å². The molecule has 6 nitrogen and oxygen atoms in total. The summed E-state index contributed by atoms with van der Waals surface area (Å²) < 4.78 is 34.1. The van der Waals surface area contributed by atoms with Crippen molar-refractivity contribution in [1.82, 2.24) is 9.71 Å². The number of aliphatic hydroxyl groups is 1. The molecule has 0 aliphatic heterocycles. The van der Waals surface area contributed by atoms with Crippen molar-refractivity contribution in [3.63, 3.8) is 0 Å². The van der Waals surface area contributed by atoms with Gasteiger partial charge in [0.15, 0.2) is 11.7 Å². The zero-order chi connectivity index (χ0) is 18.0. The molecule has 0 radical (unpaired) electrons. The maximum Gasteiger partial charge on any atom is 0.241 e. The predicted octanol–water partition coefficient (Wildman–Crippen LogP) is 2.79. The number of benzene rings is 1. The van der Waals surface area contributed by atoms with Crippen molar-refractivity contribution >= 4 is 10.0 Å². The van der Waals surface area contributed by atoms with Crippen LogP contribution in [0.15, 0.2) is 33.7 Å². The molecule has 7 heteroatoms. The molecule has 2 aromatic rings. The number of aliphatic hydroxyl groups excluding tert-OH is 1. The monoisotopic (exact) mass is 364 g/mol. The van der Waals surface area contributed by atoms with E-state index in [1.165, 1.54) is 0 Å². The van der Waals surface area contributed by atoms with Crippen LogP contribution in [0.2, 0.25) is 0 Å². The summed E-state index contributed by atoms with van der Waals surface area (Å²) in [5, 5.41) is 9.34. The van der Waals surface area contributed by atoms with Crippen molar-refractivity contribution in [1.29, 1.82) is 0 Å². The van der Waals surface area contributed by atoms with Crippen molar-refractivity contribution in [3.05, 3.63) is 35.9 Å². The molecule has 1 aromatic heterocycles. The third kappa shape index (κ3) is 4.11. The minimum atomic E-state index is -3.64. The summed E-state index contributed by atoms with van der Waals surface area (Å²) in [4.78, 5) is 4.32. The molecule has 1 aromatic carbocycles. The molecule has 0 saturated heterocycles. The lowest BCUT2D eigenvalue weighted by molar-refractivity contribution is 0.177. The molecule has 25 heavy (non-hydrogen) atoms. The fourth-order valence-electron chi connectivity index (χ4n) is 3.38. The zero-order valence-electron chi connectivity index (χ0n) is 14.5. The Hall–Kier alpha value is -1.70. The van der Waals surface area contributed by atoms with Crippen molar-refractivity contribution in [2.45, 2.75) is 50.5 Å². The molecular weight excluding hydrogens is 340 g/mol. The van der Waals surface area contributed by atoms with E-state index >= 15 is 0 Å². The summed E-state index contributed by atoms with van der Waals surface area (Å²) in [6, 6.07) is 5.10. The highest BCUT2D eigenvalue weighted by Gasteiger charge is 2.27. The molecular formula is C18H24N2O4S. The lowest BCUT2D eigenvalue weighted by Crippen LogP contribution is -2.39. The fraction of sp³-hybridized carbons (Fsp3) is 0.500. The Morgan fingerprint density at radius 1 is 1.32 bits per heavy atom. The van der Waals surface area contributed by atoms with Gasteiger partial charge in [-0.15, -0.1) is 0 Å². The van der Waals surface area contributed by atoms with Crippen LogP contribution in [0.3, 0.4) is 0 Å². The summed E-state index contributed by atoms with van der Waals surface area (Å²) in [6.45, 7) is 3.64. The van der Waals surface area contributed by atoms with Gasteiger partial charge in [-0.05, 0) is 43.7 Å². The predicted molar refractivity (Wildman–Crippen MR) is 94.6 cm³/mol. The Morgan fingerprint density at radius 2 is 2.12 bits per heavy atom. The highest BCUT2D eigenvalue weighted by atomic mass is 32.2. The van der Waals surface area contributed by atoms with Crippen LogP contribution in [0.25, 0.3) is 11.3 Å². The lowest BCUT2D eigenvalue weighted by atomic mass is 9.87. The molecule has 3 rings (SSSR count). The number of sulfonamides is 1. The molecule has 0 bridgehead atoms. The lowest BCUT2D eigenvalue weighted by Gasteiger charge is -2.28. The molecule has 136 valence electrons. The van der Waals surface area contributed by atoms with Crippen LogP contribution in [0.4, 0.5) is 0 Å². The Balaban J connectivity index is 1.86. The highest BCUT2D eigenvalue weighted by Crippen LogP contribution is 2.28. The average molecular weight is 364 g/mol. The van der Waals surface area contributed by atoms with E-state index in [2.05, 4.69) is 9.71 Å². The van der Waals surface area contributed by atoms with E-state index in [4.69, 9.17) is 4.42 Å². The molecule has 1 aliphatic carbocycles. The first-order valence-electron chi connectivity index (χ1n) is 8.55. The minimum absolute atomic E-state index is 0.109. The Kier molecular flexibility index (Phi) is 5.27. The van der Waals surface area contributed by atoms with Gasteiger partial charge < -0.3 is 9.52 Å². The van der Waals surface area contributed by atoms with Gasteiger partial charge in [0, 0.05) is 25.1 Å². The SMILES string of the molecule is Cc1ncc(-c2ccc(C)c(S(=O)(=O)N[C@@H]3CCC[C@@H](CO)C3)c2)o1. The second-order valence-corrected chi connectivity index (χ2v) is 8.44. The van der Waals surface area contributed by atoms with Crippen LogP contribution < -0.4 is 4.72 Å². The molecule has 1 heterocycles. The van der Waals surface area contributed by atoms with Crippen LogP contribution in [-0.4, -0.2) is 31.2 Å². The number of nitrogens with one attached hydrogen (secondary N) is 1. The molecule has 0 unspecified atom stereocenters. The maximum absolute atomic E-state index is 12.9. The number of hydrogen-bond acceptors (Lipinski definition) is 5. The molecule has 1 saturated carbocycles. The fourth-order valence-corrected chi connectivity index (χ4v) is 4.94. The van der Waals surface area contributed by atoms with Gasteiger partial charge in [0.25, 0.3) is 0 Å². The quantitative estimate of drug-likeness (QED) is 0.851. The van der Waals surface area contributed by atoms with E-state index in [1.54, 1.807) is 32.2 Å². The highest BCUT2D eigenvalue weighted by molar-refractivity contribution is 7.89. The summed E-state index contributed by atoms with van der Waals surface area (Å²) in [7, 11) is -3.64. The van der Waals surface area contributed by atoms with Gasteiger partial charge in [0.2, 0.25) is 10.0 Å². The Morgan fingerprint density at radius 3 is 2.80 bits per heavy atom. The first kappa shape index (κ1) is 18.1. The normalized spacial score (nSPS) is 21.4. The first-order chi connectivity index (χ1) is 11.9. The van der Waals surface area contributed by atoms with Gasteiger partial charge in [0.05, 0.1) is 11.1 Å². The van der Waals surface area contributed by atoms with Gasteiger partial charge in [-0.1, -0.05) is 18.6 Å². The van der Waals surface area contributed by atoms with Gasteiger partial charge in [0.1, 0.15) is 0 Å². The van der Waals surface area contributed by atoms with Gasteiger partial charge in [-0.25, -0.2) is 18.1 Å². The smallest absolute Gasteiger partial charge is 0.241 e. The second kappa shape index (κ2) is 7.27. The second-order valence-electron chi connectivity index (χ2n) is 6.76. The molecule has 1 aliphatic rings. The van der Waals surface area contributed by atoms with E-state index in [-0.39, 0.29) is 23.5 Å². The van der Waals surface area contributed by atoms with Crippen molar-refractivity contribution in [3.8, 4) is 11.3 Å². The van der Waals surface area contributed by atoms with E-state index in [9.17, 15) is 13.5 Å². The molecule has 0 amide bonds. The summed E-state index contributed by atoms with van der Waals surface area (Å²) in [5.74, 6) is 1.26. The molecule has 0 spiro atoms. The first-order valence-corrected chi connectivity index (χ1v) is 10.0. The van der Waals surface area contributed by atoms with Crippen LogP contribution >= 0.6 is 0 Å². The summed E-state index contributed by atoms with van der Waals surface area (Å²) in [5.41, 5.74) is 1.37. The number of aromatic nitrogens is 1. The third-order valence-corrected chi connectivity index (χ3v) is 6.41. The van der Waals surface area contributed by atoms with Crippen LogP contribution in [0.5, 0.6) is 0 Å². The Labute approximate surface area is 148 Å². The standard InChI is InChI=1S/C18H24N2O4S/c1-12-6-7-15(17-10-19-13(2)24-17)9-18(12)25(22,23)20-16-5-3-4-14(8-16)11-21/h6-7,9-10,14,16,20-21H,3-5,8,11H2,1-2H3/t14-,16-/m1/s1. The Bertz CT molecular complexity index is 845. The topological polar surface area (TPSA) is 92.4 Å². The van der Waals surface area contributed by atoms with Crippen LogP contribution in [-0.2, 0) is 10.0 Å². The van der Waals surface area contributed by atoms with E-state index in [0.29, 0.717) is 29.2 Å². The zero-order valence-corrected chi connectivity index (χ0v) is 15.3. The number of rotatable bonds is 5. The van der Waals surface area contributed by atoms with Crippen LogP contribution in [0, 0.1) is 19.8 Å². The number of hydrogen-bond donors (Lipinski definition) is 2. The third-order valence-electron chi connectivity index (χ3n) is 4.75. The van der Waals surface area contributed by atoms with E-state index < -0.39 is 10.0 Å². The van der Waals surface area contributed by atoms with Crippen molar-refractivity contribution < 1.29 is 17.9 Å². The van der Waals surface area contributed by atoms with E-state index in [1.807, 2.05) is 6.07 Å². The number of aryl methyl sites for hydroxylation is 2. The molecule has 2 atom stereocenters. The maximum atomic E-state index is 12.9. The number of nitrogens with zero attached hydrogens (tertiary/aromatic N) is 1. The molecule has 2 N–H and O–H groups in total. The minimum Gasteiger partial charge on any atom is -0.441 e. The van der Waals surface area contributed by atoms with Crippen LogP contribution in [0.1, 0.15) is 37.1 Å². The molecule has 1 fully saturated rings. The van der Waals surface area contributed by atoms with Gasteiger partial charge in [-0.2, -0.15) is 0 Å². The number of oxazole rings is 1. The summed E-state index contributed by atoms with van der Waals surface area (Å²) >= 11 is 0. The van der Waals surface area contributed by atoms with E-state index in [0.717, 1.165) is 19.3 Å². The summed E-state index contributed by atoms with van der Waals surface area (Å²) in [6.07, 6.45) is 4.95. The largest absolute Gasteiger partial charge is 0.441 e. The van der Waals surface area contributed by atoms with Crippen molar-refractivity contribution in [2.75, 3.05) is 6.61 Å². The van der Waals surface area contributed by atoms with Gasteiger partial charge >= 0.3 is 0 Å². The van der Waals surface area contributed by atoms with Crippen molar-refractivity contribution in [2.24, 2.45) is 5.92 Å². The average Bonchev–Trinajstić information content (AvgIpc) is 3.01.